The lowest BCUT2D eigenvalue weighted by molar-refractivity contribution is 0.401. The fourth-order valence-corrected chi connectivity index (χ4v) is 2.24. The Morgan fingerprint density at radius 3 is 2.89 bits per heavy atom. The van der Waals surface area contributed by atoms with Crippen molar-refractivity contribution in [3.8, 4) is 5.75 Å². The van der Waals surface area contributed by atoms with Crippen molar-refractivity contribution in [2.45, 2.75) is 32.4 Å². The van der Waals surface area contributed by atoms with Gasteiger partial charge < -0.3 is 15.0 Å². The minimum absolute atomic E-state index is 0.0963. The topological polar surface area (TPSA) is 53.1 Å². The van der Waals surface area contributed by atoms with E-state index in [-0.39, 0.29) is 6.04 Å². The van der Waals surface area contributed by atoms with Crippen LogP contribution in [0.3, 0.4) is 0 Å². The van der Waals surface area contributed by atoms with Crippen LogP contribution in [0.1, 0.15) is 30.8 Å². The molecular formula is C15H21N3O. The number of ether oxygens (including phenoxy) is 1. The van der Waals surface area contributed by atoms with Crippen molar-refractivity contribution in [2.24, 2.45) is 5.73 Å². The molecule has 0 saturated heterocycles. The normalized spacial score (nSPS) is 12.4. The summed E-state index contributed by atoms with van der Waals surface area (Å²) in [4.78, 5) is 4.37. The van der Waals surface area contributed by atoms with E-state index in [4.69, 9.17) is 10.5 Å². The molecule has 102 valence electrons. The number of hydrogen-bond acceptors (Lipinski definition) is 3. The van der Waals surface area contributed by atoms with Gasteiger partial charge in [-0.25, -0.2) is 4.98 Å². The van der Waals surface area contributed by atoms with Crippen molar-refractivity contribution in [3.63, 3.8) is 0 Å². The maximum atomic E-state index is 6.30. The van der Waals surface area contributed by atoms with E-state index in [9.17, 15) is 0 Å². The first-order valence-corrected chi connectivity index (χ1v) is 6.64. The fraction of sp³-hybridized carbons (Fsp3) is 0.400. The van der Waals surface area contributed by atoms with Crippen LogP contribution >= 0.6 is 0 Å². The van der Waals surface area contributed by atoms with Crippen LogP contribution in [-0.2, 0) is 13.0 Å². The Labute approximate surface area is 114 Å². The number of aryl methyl sites for hydroxylation is 1. The third-order valence-electron chi connectivity index (χ3n) is 3.21. The lowest BCUT2D eigenvalue weighted by Gasteiger charge is -2.17. The molecule has 0 aliphatic rings. The molecule has 1 atom stereocenters. The first kappa shape index (κ1) is 13.6. The monoisotopic (exact) mass is 259 g/mol. The first-order chi connectivity index (χ1) is 9.26. The minimum Gasteiger partial charge on any atom is -0.496 e. The number of benzene rings is 1. The molecule has 1 heterocycles. The Morgan fingerprint density at radius 1 is 1.37 bits per heavy atom. The Hall–Kier alpha value is -1.81. The second-order valence-electron chi connectivity index (χ2n) is 4.59. The Morgan fingerprint density at radius 2 is 2.16 bits per heavy atom. The van der Waals surface area contributed by atoms with Gasteiger partial charge >= 0.3 is 0 Å². The van der Waals surface area contributed by atoms with Gasteiger partial charge in [0.1, 0.15) is 11.6 Å². The molecule has 0 fully saturated rings. The summed E-state index contributed by atoms with van der Waals surface area (Å²) in [5.41, 5.74) is 7.33. The largest absolute Gasteiger partial charge is 0.496 e. The van der Waals surface area contributed by atoms with Crippen molar-refractivity contribution >= 4 is 0 Å². The van der Waals surface area contributed by atoms with Gasteiger partial charge in [0.05, 0.1) is 13.2 Å². The van der Waals surface area contributed by atoms with Crippen molar-refractivity contribution in [1.82, 2.24) is 9.55 Å². The summed E-state index contributed by atoms with van der Waals surface area (Å²) < 4.78 is 7.48. The molecule has 19 heavy (non-hydrogen) atoms. The summed E-state index contributed by atoms with van der Waals surface area (Å²) in [6, 6.07) is 7.80. The van der Waals surface area contributed by atoms with Crippen LogP contribution in [-0.4, -0.2) is 16.7 Å². The van der Waals surface area contributed by atoms with Gasteiger partial charge in [0.25, 0.3) is 0 Å². The van der Waals surface area contributed by atoms with E-state index >= 15 is 0 Å². The summed E-state index contributed by atoms with van der Waals surface area (Å²) in [6.07, 6.45) is 5.88. The molecule has 1 aromatic heterocycles. The number of rotatable bonds is 6. The van der Waals surface area contributed by atoms with E-state index < -0.39 is 0 Å². The lowest BCUT2D eigenvalue weighted by Crippen LogP contribution is -2.19. The van der Waals surface area contributed by atoms with Gasteiger partial charge in [-0.3, -0.25) is 0 Å². The van der Waals surface area contributed by atoms with E-state index in [0.29, 0.717) is 0 Å². The zero-order valence-electron chi connectivity index (χ0n) is 11.5. The molecule has 2 aromatic rings. The summed E-state index contributed by atoms with van der Waals surface area (Å²) in [5.74, 6) is 1.93. The molecule has 0 aliphatic heterocycles. The van der Waals surface area contributed by atoms with Gasteiger partial charge in [0, 0.05) is 30.9 Å². The van der Waals surface area contributed by atoms with Crippen LogP contribution in [0.4, 0.5) is 0 Å². The molecule has 0 saturated carbocycles. The molecule has 0 aliphatic carbocycles. The molecule has 0 bridgehead atoms. The molecule has 4 nitrogen and oxygen atoms in total. The van der Waals surface area contributed by atoms with Gasteiger partial charge in [0.15, 0.2) is 0 Å². The first-order valence-electron chi connectivity index (χ1n) is 6.64. The molecule has 2 rings (SSSR count). The van der Waals surface area contributed by atoms with Gasteiger partial charge in [0.2, 0.25) is 0 Å². The van der Waals surface area contributed by atoms with Gasteiger partial charge in [-0.15, -0.1) is 0 Å². The Kier molecular flexibility index (Phi) is 4.58. The molecule has 0 amide bonds. The molecule has 0 spiro atoms. The summed E-state index contributed by atoms with van der Waals surface area (Å²) in [6.45, 7) is 2.87. The predicted octanol–water partition coefficient (Wildman–Crippen LogP) is 2.54. The number of hydrogen-bond donors (Lipinski definition) is 1. The SMILES string of the molecule is CCCc1nccn1CC(N)c1ccccc1OC. The highest BCUT2D eigenvalue weighted by atomic mass is 16.5. The van der Waals surface area contributed by atoms with Crippen molar-refractivity contribution < 1.29 is 4.74 Å². The second-order valence-corrected chi connectivity index (χ2v) is 4.59. The molecule has 1 aromatic carbocycles. The standard InChI is InChI=1S/C15H21N3O/c1-3-6-15-17-9-10-18(15)11-13(16)12-7-4-5-8-14(12)19-2/h4-5,7-10,13H,3,6,11,16H2,1-2H3. The maximum absolute atomic E-state index is 6.30. The number of para-hydroxylation sites is 1. The average molecular weight is 259 g/mol. The van der Waals surface area contributed by atoms with Crippen molar-refractivity contribution in [2.75, 3.05) is 7.11 Å². The van der Waals surface area contributed by atoms with E-state index in [1.807, 2.05) is 36.7 Å². The highest BCUT2D eigenvalue weighted by Crippen LogP contribution is 2.24. The lowest BCUT2D eigenvalue weighted by atomic mass is 10.1. The molecule has 4 heteroatoms. The average Bonchev–Trinajstić information content (AvgIpc) is 2.86. The van der Waals surface area contributed by atoms with E-state index in [0.717, 1.165) is 36.5 Å². The highest BCUT2D eigenvalue weighted by Gasteiger charge is 2.13. The van der Waals surface area contributed by atoms with Crippen LogP contribution in [0.25, 0.3) is 0 Å². The van der Waals surface area contributed by atoms with Gasteiger partial charge in [-0.2, -0.15) is 0 Å². The zero-order chi connectivity index (χ0) is 13.7. The van der Waals surface area contributed by atoms with Gasteiger partial charge in [-0.1, -0.05) is 25.1 Å². The zero-order valence-corrected chi connectivity index (χ0v) is 11.5. The quantitative estimate of drug-likeness (QED) is 0.867. The summed E-state index contributed by atoms with van der Waals surface area (Å²) in [5, 5.41) is 0. The van der Waals surface area contributed by atoms with Crippen LogP contribution in [0.2, 0.25) is 0 Å². The number of methoxy groups -OCH3 is 1. The highest BCUT2D eigenvalue weighted by molar-refractivity contribution is 5.35. The molecule has 0 radical (unpaired) electrons. The van der Waals surface area contributed by atoms with Crippen LogP contribution in [0.5, 0.6) is 5.75 Å². The van der Waals surface area contributed by atoms with Crippen LogP contribution in [0.15, 0.2) is 36.7 Å². The summed E-state index contributed by atoms with van der Waals surface area (Å²) >= 11 is 0. The van der Waals surface area contributed by atoms with Crippen LogP contribution < -0.4 is 10.5 Å². The summed E-state index contributed by atoms with van der Waals surface area (Å²) in [7, 11) is 1.67. The number of aromatic nitrogens is 2. The maximum Gasteiger partial charge on any atom is 0.123 e. The Bertz CT molecular complexity index is 522. The Balaban J connectivity index is 2.16. The fourth-order valence-electron chi connectivity index (χ4n) is 2.24. The van der Waals surface area contributed by atoms with E-state index in [2.05, 4.69) is 16.5 Å². The van der Waals surface area contributed by atoms with Gasteiger partial charge in [-0.05, 0) is 12.5 Å². The third kappa shape index (κ3) is 3.15. The second kappa shape index (κ2) is 6.38. The predicted molar refractivity (Wildman–Crippen MR) is 76.1 cm³/mol. The van der Waals surface area contributed by atoms with E-state index in [1.165, 1.54) is 0 Å². The number of nitrogens with zero attached hydrogens (tertiary/aromatic N) is 2. The van der Waals surface area contributed by atoms with E-state index in [1.54, 1.807) is 7.11 Å². The minimum atomic E-state index is -0.0963. The number of imidazole rings is 1. The third-order valence-corrected chi connectivity index (χ3v) is 3.21. The molecular weight excluding hydrogens is 238 g/mol. The molecule has 1 unspecified atom stereocenters. The number of nitrogens with two attached hydrogens (primary N) is 1. The van der Waals surface area contributed by atoms with Crippen molar-refractivity contribution in [1.29, 1.82) is 0 Å². The van der Waals surface area contributed by atoms with Crippen molar-refractivity contribution in [3.05, 3.63) is 48.0 Å². The van der Waals surface area contributed by atoms with Crippen LogP contribution in [0, 0.1) is 0 Å². The molecule has 2 N–H and O–H groups in total. The smallest absolute Gasteiger partial charge is 0.123 e.